The number of aryl methyl sites for hydroxylation is 1. The molecule has 0 saturated heterocycles. The molecule has 1 aromatic rings. The molecule has 0 aliphatic carbocycles. The van der Waals surface area contributed by atoms with E-state index in [1.165, 1.54) is 6.20 Å². The van der Waals surface area contributed by atoms with E-state index in [0.29, 0.717) is 11.6 Å². The monoisotopic (exact) mass is 124 g/mol. The number of aromatic nitrogens is 3. The summed E-state index contributed by atoms with van der Waals surface area (Å²) in [6, 6.07) is 0. The molecule has 0 saturated carbocycles. The number of hydrogen-bond donors (Lipinski definition) is 1. The van der Waals surface area contributed by atoms with E-state index in [-0.39, 0.29) is 0 Å². The van der Waals surface area contributed by atoms with Gasteiger partial charge in [-0.05, 0) is 0 Å². The van der Waals surface area contributed by atoms with Gasteiger partial charge in [0.05, 0.1) is 6.20 Å². The molecular weight excluding hydrogens is 116 g/mol. The van der Waals surface area contributed by atoms with E-state index in [1.54, 1.807) is 0 Å². The Hall–Kier alpha value is -1.19. The molecule has 0 amide bonds. The van der Waals surface area contributed by atoms with Crippen molar-refractivity contribution in [3.05, 3.63) is 12.0 Å². The van der Waals surface area contributed by atoms with Crippen LogP contribution in [0.3, 0.4) is 0 Å². The average molecular weight is 124 g/mol. The Morgan fingerprint density at radius 3 is 2.89 bits per heavy atom. The molecule has 2 N–H and O–H groups in total. The molecule has 0 bridgehead atoms. The molecule has 48 valence electrons. The minimum atomic E-state index is 0.432. The van der Waals surface area contributed by atoms with Crippen LogP contribution in [0.1, 0.15) is 12.7 Å². The molecule has 4 heteroatoms. The first kappa shape index (κ1) is 5.94. The molecule has 0 spiro atoms. The Balaban J connectivity index is 2.94. The van der Waals surface area contributed by atoms with Gasteiger partial charge in [-0.25, -0.2) is 4.98 Å². The Bertz CT molecular complexity index is 198. The quantitative estimate of drug-likeness (QED) is 0.573. The van der Waals surface area contributed by atoms with E-state index < -0.39 is 0 Å². The van der Waals surface area contributed by atoms with Crippen molar-refractivity contribution in [2.45, 2.75) is 13.3 Å². The topological polar surface area (TPSA) is 64.7 Å². The van der Waals surface area contributed by atoms with Crippen LogP contribution in [0.25, 0.3) is 0 Å². The van der Waals surface area contributed by atoms with Gasteiger partial charge in [-0.2, -0.15) is 5.10 Å². The van der Waals surface area contributed by atoms with Crippen molar-refractivity contribution in [1.82, 2.24) is 15.2 Å². The van der Waals surface area contributed by atoms with Crippen molar-refractivity contribution in [3.63, 3.8) is 0 Å². The van der Waals surface area contributed by atoms with E-state index in [0.717, 1.165) is 6.42 Å². The van der Waals surface area contributed by atoms with Crippen LogP contribution in [0.2, 0.25) is 0 Å². The molecule has 0 fully saturated rings. The fraction of sp³-hybridized carbons (Fsp3) is 0.400. The predicted molar refractivity (Wildman–Crippen MR) is 33.6 cm³/mol. The van der Waals surface area contributed by atoms with E-state index in [9.17, 15) is 0 Å². The highest BCUT2D eigenvalue weighted by atomic mass is 15.2. The highest BCUT2D eigenvalue weighted by Gasteiger charge is 1.91. The maximum absolute atomic E-state index is 5.32. The lowest BCUT2D eigenvalue weighted by Crippen LogP contribution is -1.99. The second kappa shape index (κ2) is 2.39. The first-order valence-electron chi connectivity index (χ1n) is 2.77. The standard InChI is InChI=1S/C5H8N4/c1-2-5-8-4(6)3-7-9-5/h3H,2H2,1H3,(H2,6,8,9). The lowest BCUT2D eigenvalue weighted by molar-refractivity contribution is 0.854. The Morgan fingerprint density at radius 1 is 1.67 bits per heavy atom. The number of rotatable bonds is 1. The van der Waals surface area contributed by atoms with Crippen molar-refractivity contribution in [2.75, 3.05) is 5.73 Å². The summed E-state index contributed by atoms with van der Waals surface area (Å²) in [6.07, 6.45) is 2.21. The van der Waals surface area contributed by atoms with Crippen LogP contribution in [0.4, 0.5) is 5.82 Å². The zero-order valence-electron chi connectivity index (χ0n) is 5.20. The SMILES string of the molecule is CCc1nncc(N)n1. The summed E-state index contributed by atoms with van der Waals surface area (Å²) in [6.45, 7) is 1.95. The molecule has 1 rings (SSSR count). The van der Waals surface area contributed by atoms with Crippen LogP contribution in [-0.4, -0.2) is 15.2 Å². The third kappa shape index (κ3) is 1.35. The van der Waals surface area contributed by atoms with Gasteiger partial charge in [-0.15, -0.1) is 5.10 Å². The Labute approximate surface area is 53.1 Å². The van der Waals surface area contributed by atoms with E-state index in [2.05, 4.69) is 15.2 Å². The van der Waals surface area contributed by atoms with Gasteiger partial charge in [0.2, 0.25) is 0 Å². The van der Waals surface area contributed by atoms with Gasteiger partial charge in [0, 0.05) is 6.42 Å². The molecule has 0 aliphatic rings. The summed E-state index contributed by atoms with van der Waals surface area (Å²) < 4.78 is 0. The van der Waals surface area contributed by atoms with Gasteiger partial charge < -0.3 is 5.73 Å². The predicted octanol–water partition coefficient (Wildman–Crippen LogP) is 0.0162. The van der Waals surface area contributed by atoms with Crippen molar-refractivity contribution in [2.24, 2.45) is 0 Å². The third-order valence-electron chi connectivity index (χ3n) is 0.938. The van der Waals surface area contributed by atoms with Gasteiger partial charge in [0.25, 0.3) is 0 Å². The first-order valence-corrected chi connectivity index (χ1v) is 2.77. The second-order valence-corrected chi connectivity index (χ2v) is 1.65. The highest BCUT2D eigenvalue weighted by Crippen LogP contribution is 1.92. The van der Waals surface area contributed by atoms with E-state index in [4.69, 9.17) is 5.73 Å². The van der Waals surface area contributed by atoms with Crippen molar-refractivity contribution < 1.29 is 0 Å². The normalized spacial score (nSPS) is 9.44. The van der Waals surface area contributed by atoms with Gasteiger partial charge in [0.1, 0.15) is 5.82 Å². The van der Waals surface area contributed by atoms with E-state index >= 15 is 0 Å². The molecule has 0 aromatic carbocycles. The van der Waals surface area contributed by atoms with Crippen LogP contribution in [0.5, 0.6) is 0 Å². The van der Waals surface area contributed by atoms with Crippen molar-refractivity contribution >= 4 is 5.82 Å². The van der Waals surface area contributed by atoms with Crippen LogP contribution in [-0.2, 0) is 6.42 Å². The second-order valence-electron chi connectivity index (χ2n) is 1.65. The number of nitrogens with zero attached hydrogens (tertiary/aromatic N) is 3. The van der Waals surface area contributed by atoms with E-state index in [1.807, 2.05) is 6.92 Å². The molecular formula is C5H8N4. The fourth-order valence-electron chi connectivity index (χ4n) is 0.505. The molecule has 1 heterocycles. The van der Waals surface area contributed by atoms with Crippen molar-refractivity contribution in [1.29, 1.82) is 0 Å². The molecule has 0 atom stereocenters. The number of nitrogen functional groups attached to an aromatic ring is 1. The van der Waals surface area contributed by atoms with Crippen LogP contribution >= 0.6 is 0 Å². The Kier molecular flexibility index (Phi) is 1.58. The van der Waals surface area contributed by atoms with Crippen LogP contribution in [0.15, 0.2) is 6.20 Å². The largest absolute Gasteiger partial charge is 0.382 e. The summed E-state index contributed by atoms with van der Waals surface area (Å²) in [5.41, 5.74) is 5.32. The van der Waals surface area contributed by atoms with Gasteiger partial charge in [0.15, 0.2) is 5.82 Å². The summed E-state index contributed by atoms with van der Waals surface area (Å²) in [4.78, 5) is 3.90. The van der Waals surface area contributed by atoms with Crippen LogP contribution < -0.4 is 5.73 Å². The fourth-order valence-corrected chi connectivity index (χ4v) is 0.505. The minimum absolute atomic E-state index is 0.432. The maximum atomic E-state index is 5.32. The summed E-state index contributed by atoms with van der Waals surface area (Å²) in [5.74, 6) is 1.12. The minimum Gasteiger partial charge on any atom is -0.382 e. The molecule has 1 aromatic heterocycles. The molecule has 0 radical (unpaired) electrons. The smallest absolute Gasteiger partial charge is 0.153 e. The zero-order valence-corrected chi connectivity index (χ0v) is 5.20. The molecule has 9 heavy (non-hydrogen) atoms. The number of nitrogens with two attached hydrogens (primary N) is 1. The summed E-state index contributed by atoms with van der Waals surface area (Å²) >= 11 is 0. The zero-order chi connectivity index (χ0) is 6.69. The number of anilines is 1. The van der Waals surface area contributed by atoms with Crippen molar-refractivity contribution in [3.8, 4) is 0 Å². The molecule has 4 nitrogen and oxygen atoms in total. The van der Waals surface area contributed by atoms with Gasteiger partial charge >= 0.3 is 0 Å². The lowest BCUT2D eigenvalue weighted by atomic mass is 10.5. The maximum Gasteiger partial charge on any atom is 0.153 e. The van der Waals surface area contributed by atoms with Gasteiger partial charge in [-0.1, -0.05) is 6.92 Å². The highest BCUT2D eigenvalue weighted by molar-refractivity contribution is 5.21. The number of hydrogen-bond acceptors (Lipinski definition) is 4. The first-order chi connectivity index (χ1) is 4.33. The summed E-state index contributed by atoms with van der Waals surface area (Å²) in [5, 5.41) is 7.33. The third-order valence-corrected chi connectivity index (χ3v) is 0.938. The Morgan fingerprint density at radius 2 is 2.44 bits per heavy atom. The van der Waals surface area contributed by atoms with Crippen LogP contribution in [0, 0.1) is 0 Å². The van der Waals surface area contributed by atoms with Gasteiger partial charge in [-0.3, -0.25) is 0 Å². The molecule has 0 unspecified atom stereocenters. The average Bonchev–Trinajstić information content (AvgIpc) is 1.88. The molecule has 0 aliphatic heterocycles. The lowest BCUT2D eigenvalue weighted by Gasteiger charge is -1.91. The summed E-state index contributed by atoms with van der Waals surface area (Å²) in [7, 11) is 0.